The second-order valence-corrected chi connectivity index (χ2v) is 6.88. The van der Waals surface area contributed by atoms with Gasteiger partial charge in [-0.15, -0.1) is 12.4 Å². The number of ether oxygens (including phenoxy) is 2. The summed E-state index contributed by atoms with van der Waals surface area (Å²) in [4.78, 5) is 23.3. The molecule has 0 unspecified atom stereocenters. The van der Waals surface area contributed by atoms with Gasteiger partial charge in [0.25, 0.3) is 0 Å². The largest absolute Gasteiger partial charge is 0.468 e. The van der Waals surface area contributed by atoms with Crippen molar-refractivity contribution < 1.29 is 19.1 Å². The molecule has 0 bridgehead atoms. The van der Waals surface area contributed by atoms with Crippen molar-refractivity contribution in [1.29, 1.82) is 0 Å². The summed E-state index contributed by atoms with van der Waals surface area (Å²) < 4.78 is 10.1. The third kappa shape index (κ3) is 5.49. The van der Waals surface area contributed by atoms with Crippen molar-refractivity contribution >= 4 is 24.5 Å². The molecule has 6 nitrogen and oxygen atoms in total. The second-order valence-electron chi connectivity index (χ2n) is 6.88. The van der Waals surface area contributed by atoms with Gasteiger partial charge in [0, 0.05) is 12.5 Å². The van der Waals surface area contributed by atoms with Crippen LogP contribution in [0.15, 0.2) is 48.5 Å². The quantitative estimate of drug-likeness (QED) is 0.504. The zero-order valence-electron chi connectivity index (χ0n) is 16.4. The van der Waals surface area contributed by atoms with Crippen LogP contribution in [0.3, 0.4) is 0 Å². The van der Waals surface area contributed by atoms with E-state index in [-0.39, 0.29) is 18.3 Å². The van der Waals surface area contributed by atoms with Crippen molar-refractivity contribution in [3.05, 3.63) is 59.7 Å². The normalized spacial score (nSPS) is 12.9. The lowest BCUT2D eigenvalue weighted by Gasteiger charge is -2.14. The average molecular weight is 419 g/mol. The number of nitrogens with one attached hydrogen (secondary N) is 1. The van der Waals surface area contributed by atoms with Crippen LogP contribution in [0, 0.1) is 0 Å². The number of methoxy groups -OCH3 is 1. The summed E-state index contributed by atoms with van der Waals surface area (Å²) >= 11 is 0. The van der Waals surface area contributed by atoms with Gasteiger partial charge < -0.3 is 20.5 Å². The number of nitrogens with two attached hydrogens (primary N) is 1. The molecule has 0 fully saturated rings. The number of carbonyl (C=O) groups is 2. The van der Waals surface area contributed by atoms with Crippen LogP contribution in [-0.2, 0) is 14.3 Å². The highest BCUT2D eigenvalue weighted by Gasteiger charge is 2.28. The lowest BCUT2D eigenvalue weighted by molar-refractivity contribution is -0.142. The third-order valence-electron chi connectivity index (χ3n) is 5.06. The molecule has 1 atom stereocenters. The molecule has 1 amide bonds. The minimum atomic E-state index is -0.612. The Bertz CT molecular complexity index is 798. The van der Waals surface area contributed by atoms with Gasteiger partial charge in [-0.25, -0.2) is 4.79 Å². The Morgan fingerprint density at radius 2 is 1.62 bits per heavy atom. The van der Waals surface area contributed by atoms with Gasteiger partial charge in [-0.1, -0.05) is 48.5 Å². The summed E-state index contributed by atoms with van der Waals surface area (Å²) in [7, 11) is 1.32. The number of esters is 1. The summed E-state index contributed by atoms with van der Waals surface area (Å²) in [6.07, 6.45) is 1.53. The van der Waals surface area contributed by atoms with Gasteiger partial charge in [0.05, 0.1) is 7.11 Å². The molecule has 3 N–H and O–H groups in total. The molecule has 7 heteroatoms. The number of benzene rings is 2. The van der Waals surface area contributed by atoms with Crippen LogP contribution in [0.25, 0.3) is 11.1 Å². The number of carbonyl (C=O) groups excluding carboxylic acids is 2. The first-order valence-electron chi connectivity index (χ1n) is 9.54. The summed E-state index contributed by atoms with van der Waals surface area (Å²) in [5.41, 5.74) is 10.5. The van der Waals surface area contributed by atoms with E-state index in [4.69, 9.17) is 10.5 Å². The van der Waals surface area contributed by atoms with E-state index in [1.165, 1.54) is 29.4 Å². The van der Waals surface area contributed by atoms with E-state index in [0.29, 0.717) is 19.6 Å². The molecule has 0 heterocycles. The lowest BCUT2D eigenvalue weighted by Crippen LogP contribution is -2.32. The maximum Gasteiger partial charge on any atom is 0.407 e. The monoisotopic (exact) mass is 418 g/mol. The Kier molecular flexibility index (Phi) is 8.49. The van der Waals surface area contributed by atoms with E-state index >= 15 is 0 Å². The molecule has 0 saturated heterocycles. The molecule has 2 aromatic carbocycles. The van der Waals surface area contributed by atoms with Crippen LogP contribution >= 0.6 is 12.4 Å². The van der Waals surface area contributed by atoms with Crippen molar-refractivity contribution in [1.82, 2.24) is 5.32 Å². The van der Waals surface area contributed by atoms with Gasteiger partial charge in [-0.3, -0.25) is 4.79 Å². The van der Waals surface area contributed by atoms with Crippen LogP contribution in [0.5, 0.6) is 0 Å². The second kappa shape index (κ2) is 10.8. The van der Waals surface area contributed by atoms with Crippen LogP contribution in [0.2, 0.25) is 0 Å². The average Bonchev–Trinajstić information content (AvgIpc) is 3.05. The number of rotatable bonds is 8. The molecule has 3 rings (SSSR count). The van der Waals surface area contributed by atoms with Crippen LogP contribution < -0.4 is 11.1 Å². The Morgan fingerprint density at radius 3 is 2.21 bits per heavy atom. The molecule has 0 aromatic heterocycles. The number of unbranched alkanes of at least 4 members (excludes halogenated alkanes) is 1. The standard InChI is InChI=1S/C22H26N2O4.ClH/c1-27-21(25)20(23)12-6-7-13-24-22(26)28-14-19-17-10-4-2-8-15(17)16-9-3-5-11-18(16)19;/h2-5,8-11,19-20H,6-7,12-14,23H2,1H3,(H,24,26);1H/t20-;/m1./s1. The van der Waals surface area contributed by atoms with Gasteiger partial charge in [0.2, 0.25) is 0 Å². The van der Waals surface area contributed by atoms with E-state index in [0.717, 1.165) is 12.8 Å². The molecule has 0 spiro atoms. The first-order chi connectivity index (χ1) is 13.6. The Hall–Kier alpha value is -2.57. The maximum absolute atomic E-state index is 12.0. The van der Waals surface area contributed by atoms with Crippen LogP contribution in [0.1, 0.15) is 36.3 Å². The summed E-state index contributed by atoms with van der Waals surface area (Å²) in [6, 6.07) is 15.8. The maximum atomic E-state index is 12.0. The topological polar surface area (TPSA) is 90.6 Å². The van der Waals surface area contributed by atoms with Crippen molar-refractivity contribution in [3.63, 3.8) is 0 Å². The fourth-order valence-corrected chi connectivity index (χ4v) is 3.60. The van der Waals surface area contributed by atoms with Crippen LogP contribution in [-0.4, -0.2) is 38.4 Å². The Balaban J connectivity index is 0.00000300. The highest BCUT2D eigenvalue weighted by atomic mass is 35.5. The van der Waals surface area contributed by atoms with E-state index in [9.17, 15) is 9.59 Å². The lowest BCUT2D eigenvalue weighted by atomic mass is 9.98. The van der Waals surface area contributed by atoms with Gasteiger partial charge in [-0.05, 0) is 41.5 Å². The molecular weight excluding hydrogens is 392 g/mol. The highest BCUT2D eigenvalue weighted by Crippen LogP contribution is 2.44. The molecular formula is C22H27ClN2O4. The highest BCUT2D eigenvalue weighted by molar-refractivity contribution is 5.85. The van der Waals surface area contributed by atoms with Gasteiger partial charge >= 0.3 is 12.1 Å². The summed E-state index contributed by atoms with van der Waals surface area (Å²) in [6.45, 7) is 0.775. The predicted octanol–water partition coefficient (Wildman–Crippen LogP) is 3.62. The fraction of sp³-hybridized carbons (Fsp3) is 0.364. The first-order valence-corrected chi connectivity index (χ1v) is 9.54. The molecule has 2 aromatic rings. The smallest absolute Gasteiger partial charge is 0.407 e. The van der Waals surface area contributed by atoms with Gasteiger partial charge in [-0.2, -0.15) is 0 Å². The van der Waals surface area contributed by atoms with Crippen molar-refractivity contribution in [2.45, 2.75) is 31.2 Å². The van der Waals surface area contributed by atoms with E-state index < -0.39 is 18.1 Å². The SMILES string of the molecule is COC(=O)[C@H](N)CCCCNC(=O)OCC1c2ccccc2-c2ccccc21.Cl. The van der Waals surface area contributed by atoms with Crippen molar-refractivity contribution in [3.8, 4) is 11.1 Å². The third-order valence-corrected chi connectivity index (χ3v) is 5.06. The van der Waals surface area contributed by atoms with Gasteiger partial charge in [0.15, 0.2) is 0 Å². The number of halogens is 1. The van der Waals surface area contributed by atoms with Crippen molar-refractivity contribution in [2.75, 3.05) is 20.3 Å². The molecule has 29 heavy (non-hydrogen) atoms. The van der Waals surface area contributed by atoms with Gasteiger partial charge in [0.1, 0.15) is 12.6 Å². The zero-order valence-corrected chi connectivity index (χ0v) is 17.2. The molecule has 0 saturated carbocycles. The number of amides is 1. The Morgan fingerprint density at radius 1 is 1.03 bits per heavy atom. The number of alkyl carbamates (subject to hydrolysis) is 1. The molecule has 156 valence electrons. The minimum Gasteiger partial charge on any atom is -0.468 e. The molecule has 1 aliphatic carbocycles. The molecule has 0 aliphatic heterocycles. The van der Waals surface area contributed by atoms with E-state index in [1.807, 2.05) is 24.3 Å². The predicted molar refractivity (Wildman–Crippen MR) is 114 cm³/mol. The number of hydrogen-bond acceptors (Lipinski definition) is 5. The zero-order chi connectivity index (χ0) is 19.9. The fourth-order valence-electron chi connectivity index (χ4n) is 3.60. The van der Waals surface area contributed by atoms with E-state index in [1.54, 1.807) is 0 Å². The van der Waals surface area contributed by atoms with Crippen molar-refractivity contribution in [2.24, 2.45) is 5.73 Å². The Labute approximate surface area is 177 Å². The van der Waals surface area contributed by atoms with Crippen LogP contribution in [0.4, 0.5) is 4.79 Å². The minimum absolute atomic E-state index is 0. The molecule has 0 radical (unpaired) electrons. The number of fused-ring (bicyclic) bond motifs is 3. The number of hydrogen-bond donors (Lipinski definition) is 2. The summed E-state index contributed by atoms with van der Waals surface area (Å²) in [5.74, 6) is -0.360. The first kappa shape index (κ1) is 22.7. The summed E-state index contributed by atoms with van der Waals surface area (Å²) in [5, 5.41) is 2.75. The van der Waals surface area contributed by atoms with E-state index in [2.05, 4.69) is 34.3 Å². The molecule has 1 aliphatic rings.